The first-order chi connectivity index (χ1) is 16.8. The van der Waals surface area contributed by atoms with E-state index in [1.54, 1.807) is 11.8 Å². The minimum absolute atomic E-state index is 0.0104. The molecular formula is C28H41N3O4S. The average molecular weight is 516 g/mol. The molecule has 0 fully saturated rings. The molecule has 0 spiro atoms. The number of sulfonamides is 1. The van der Waals surface area contributed by atoms with Crippen LogP contribution in [0.1, 0.15) is 62.3 Å². The lowest BCUT2D eigenvalue weighted by atomic mass is 10.1. The molecule has 2 atom stereocenters. The van der Waals surface area contributed by atoms with Gasteiger partial charge in [0.15, 0.2) is 0 Å². The van der Waals surface area contributed by atoms with Crippen LogP contribution in [-0.4, -0.2) is 50.0 Å². The second-order valence-corrected chi connectivity index (χ2v) is 11.6. The van der Waals surface area contributed by atoms with Gasteiger partial charge in [-0.15, -0.1) is 0 Å². The zero-order valence-corrected chi connectivity index (χ0v) is 23.5. The minimum Gasteiger partial charge on any atom is -0.352 e. The molecule has 0 aromatic heterocycles. The lowest BCUT2D eigenvalue weighted by molar-refractivity contribution is -0.140. The van der Waals surface area contributed by atoms with Crippen molar-refractivity contribution in [3.63, 3.8) is 0 Å². The van der Waals surface area contributed by atoms with E-state index in [-0.39, 0.29) is 30.8 Å². The van der Waals surface area contributed by atoms with Crippen molar-refractivity contribution in [2.75, 3.05) is 17.1 Å². The lowest BCUT2D eigenvalue weighted by Gasteiger charge is -2.30. The second kappa shape index (κ2) is 12.9. The zero-order valence-electron chi connectivity index (χ0n) is 22.7. The molecule has 0 aliphatic carbocycles. The third kappa shape index (κ3) is 8.08. The Morgan fingerprint density at radius 2 is 1.67 bits per heavy atom. The Bertz CT molecular complexity index is 1160. The fraction of sp³-hybridized carbons (Fsp3) is 0.500. The monoisotopic (exact) mass is 515 g/mol. The van der Waals surface area contributed by atoms with Gasteiger partial charge in [0, 0.05) is 25.6 Å². The Morgan fingerprint density at radius 3 is 2.28 bits per heavy atom. The third-order valence-corrected chi connectivity index (χ3v) is 7.74. The summed E-state index contributed by atoms with van der Waals surface area (Å²) in [5.74, 6) is -0.376. The fourth-order valence-electron chi connectivity index (χ4n) is 3.99. The van der Waals surface area contributed by atoms with E-state index in [0.29, 0.717) is 18.7 Å². The van der Waals surface area contributed by atoms with E-state index in [4.69, 9.17) is 0 Å². The topological polar surface area (TPSA) is 86.8 Å². The highest BCUT2D eigenvalue weighted by Gasteiger charge is 2.27. The summed E-state index contributed by atoms with van der Waals surface area (Å²) in [5, 5.41) is 2.97. The Kier molecular flexibility index (Phi) is 10.5. The Morgan fingerprint density at radius 1 is 1.00 bits per heavy atom. The highest BCUT2D eigenvalue weighted by molar-refractivity contribution is 7.92. The van der Waals surface area contributed by atoms with E-state index in [2.05, 4.69) is 5.32 Å². The number of nitrogens with zero attached hydrogens (tertiary/aromatic N) is 2. The van der Waals surface area contributed by atoms with E-state index >= 15 is 0 Å². The van der Waals surface area contributed by atoms with Crippen LogP contribution in [0.25, 0.3) is 0 Å². The molecule has 7 nitrogen and oxygen atoms in total. The van der Waals surface area contributed by atoms with Gasteiger partial charge in [-0.05, 0) is 75.8 Å². The van der Waals surface area contributed by atoms with Crippen molar-refractivity contribution in [2.45, 2.75) is 79.4 Å². The average Bonchev–Trinajstić information content (AvgIpc) is 2.81. The predicted molar refractivity (Wildman–Crippen MR) is 146 cm³/mol. The van der Waals surface area contributed by atoms with Crippen molar-refractivity contribution in [3.8, 4) is 0 Å². The first-order valence-corrected chi connectivity index (χ1v) is 14.4. The van der Waals surface area contributed by atoms with Crippen LogP contribution in [0.15, 0.2) is 42.5 Å². The summed E-state index contributed by atoms with van der Waals surface area (Å²) in [6, 6.07) is 12.8. The van der Waals surface area contributed by atoms with Gasteiger partial charge in [0.1, 0.15) is 6.04 Å². The molecule has 0 unspecified atom stereocenters. The van der Waals surface area contributed by atoms with E-state index in [9.17, 15) is 18.0 Å². The minimum atomic E-state index is -3.53. The van der Waals surface area contributed by atoms with E-state index < -0.39 is 16.1 Å². The van der Waals surface area contributed by atoms with E-state index in [0.717, 1.165) is 28.7 Å². The van der Waals surface area contributed by atoms with Gasteiger partial charge in [0.05, 0.1) is 11.9 Å². The summed E-state index contributed by atoms with van der Waals surface area (Å²) in [7, 11) is -3.53. The number of aryl methyl sites for hydroxylation is 3. The molecule has 8 heteroatoms. The van der Waals surface area contributed by atoms with Gasteiger partial charge < -0.3 is 10.2 Å². The van der Waals surface area contributed by atoms with Gasteiger partial charge in [0.2, 0.25) is 21.8 Å². The molecule has 2 aromatic rings. The number of carbonyl (C=O) groups excluding carboxylic acids is 2. The number of hydrogen-bond acceptors (Lipinski definition) is 4. The zero-order chi connectivity index (χ0) is 27.0. The maximum atomic E-state index is 13.4. The van der Waals surface area contributed by atoms with Crippen molar-refractivity contribution in [3.05, 3.63) is 64.7 Å². The van der Waals surface area contributed by atoms with Crippen LogP contribution < -0.4 is 9.62 Å². The van der Waals surface area contributed by atoms with Crippen LogP contribution in [0.2, 0.25) is 0 Å². The quantitative estimate of drug-likeness (QED) is 0.451. The number of carbonyl (C=O) groups is 2. The van der Waals surface area contributed by atoms with Crippen LogP contribution in [0.4, 0.5) is 5.69 Å². The first-order valence-electron chi connectivity index (χ1n) is 12.5. The summed E-state index contributed by atoms with van der Waals surface area (Å²) < 4.78 is 26.5. The van der Waals surface area contributed by atoms with Gasteiger partial charge in [-0.3, -0.25) is 13.9 Å². The number of amides is 2. The molecule has 0 bridgehead atoms. The molecule has 198 valence electrons. The molecule has 2 rings (SSSR count). The predicted octanol–water partition coefficient (Wildman–Crippen LogP) is 4.49. The SMILES string of the molecule is CC[C@H](C)NC(=O)[C@H](C)N(Cc1ccccc1C)C(=O)CCCN(c1cc(C)ccc1C)S(C)(=O)=O. The van der Waals surface area contributed by atoms with Crippen LogP contribution >= 0.6 is 0 Å². The highest BCUT2D eigenvalue weighted by atomic mass is 32.2. The summed E-state index contributed by atoms with van der Waals surface area (Å²) in [6.07, 6.45) is 2.44. The van der Waals surface area contributed by atoms with Crippen molar-refractivity contribution >= 4 is 27.5 Å². The van der Waals surface area contributed by atoms with Crippen LogP contribution in [0.5, 0.6) is 0 Å². The molecule has 36 heavy (non-hydrogen) atoms. The van der Waals surface area contributed by atoms with Crippen molar-refractivity contribution < 1.29 is 18.0 Å². The van der Waals surface area contributed by atoms with Crippen LogP contribution in [0.3, 0.4) is 0 Å². The summed E-state index contributed by atoms with van der Waals surface area (Å²) in [5.41, 5.74) is 4.47. The second-order valence-electron chi connectivity index (χ2n) is 9.67. The fourth-order valence-corrected chi connectivity index (χ4v) is 5.00. The summed E-state index contributed by atoms with van der Waals surface area (Å²) in [6.45, 7) is 11.9. The molecule has 0 saturated heterocycles. The van der Waals surface area contributed by atoms with Gasteiger partial charge >= 0.3 is 0 Å². The molecule has 1 N–H and O–H groups in total. The van der Waals surface area contributed by atoms with Gasteiger partial charge in [-0.2, -0.15) is 0 Å². The molecule has 0 aliphatic rings. The standard InChI is InChI=1S/C28H41N3O4S/c1-8-23(5)29-28(33)24(6)30(19-25-13-10-9-12-21(25)3)27(32)14-11-17-31(36(7,34)35)26-18-20(2)15-16-22(26)4/h9-10,12-13,15-16,18,23-24H,8,11,14,17,19H2,1-7H3,(H,29,33)/t23-,24-/m0/s1. The maximum Gasteiger partial charge on any atom is 0.242 e. The normalized spacial score (nSPS) is 13.1. The summed E-state index contributed by atoms with van der Waals surface area (Å²) in [4.78, 5) is 27.9. The molecule has 0 heterocycles. The van der Waals surface area contributed by atoms with E-state index in [1.807, 2.05) is 77.1 Å². The largest absolute Gasteiger partial charge is 0.352 e. The maximum absolute atomic E-state index is 13.4. The molecule has 0 saturated carbocycles. The molecule has 0 radical (unpaired) electrons. The van der Waals surface area contributed by atoms with Crippen molar-refractivity contribution in [1.82, 2.24) is 10.2 Å². The lowest BCUT2D eigenvalue weighted by Crippen LogP contribution is -2.49. The Hall–Kier alpha value is -2.87. The van der Waals surface area contributed by atoms with Crippen LogP contribution in [-0.2, 0) is 26.2 Å². The first kappa shape index (κ1) is 29.4. The highest BCUT2D eigenvalue weighted by Crippen LogP contribution is 2.25. The Labute approximate surface area is 216 Å². The van der Waals surface area contributed by atoms with E-state index in [1.165, 1.54) is 10.6 Å². The molecule has 2 aromatic carbocycles. The van der Waals surface area contributed by atoms with Crippen LogP contribution in [0, 0.1) is 20.8 Å². The molecular weight excluding hydrogens is 474 g/mol. The Balaban J connectivity index is 2.22. The van der Waals surface area contributed by atoms with Crippen molar-refractivity contribution in [1.29, 1.82) is 0 Å². The summed E-state index contributed by atoms with van der Waals surface area (Å²) >= 11 is 0. The number of benzene rings is 2. The van der Waals surface area contributed by atoms with Gasteiger partial charge in [0.25, 0.3) is 0 Å². The van der Waals surface area contributed by atoms with Gasteiger partial charge in [-0.1, -0.05) is 43.3 Å². The number of nitrogens with one attached hydrogen (secondary N) is 1. The van der Waals surface area contributed by atoms with Gasteiger partial charge in [-0.25, -0.2) is 8.42 Å². The number of rotatable bonds is 12. The third-order valence-electron chi connectivity index (χ3n) is 6.56. The smallest absolute Gasteiger partial charge is 0.242 e. The van der Waals surface area contributed by atoms with Crippen molar-refractivity contribution in [2.24, 2.45) is 0 Å². The number of hydrogen-bond donors (Lipinski definition) is 1. The molecule has 0 aliphatic heterocycles. The molecule has 2 amide bonds. The number of anilines is 1.